The molecule has 1 aliphatic heterocycles. The number of hydrogen-bond acceptors (Lipinski definition) is 3. The molecule has 17 heavy (non-hydrogen) atoms. The first kappa shape index (κ1) is 14.7. The van der Waals surface area contributed by atoms with Crippen LogP contribution in [0.3, 0.4) is 0 Å². The summed E-state index contributed by atoms with van der Waals surface area (Å²) in [6.45, 7) is 5.09. The van der Waals surface area contributed by atoms with Crippen LogP contribution in [0.4, 0.5) is 0 Å². The largest absolute Gasteiger partial charge is 0.385 e. The van der Waals surface area contributed by atoms with Crippen molar-refractivity contribution < 1.29 is 4.74 Å². The Morgan fingerprint density at radius 3 is 2.71 bits per heavy atom. The van der Waals surface area contributed by atoms with Gasteiger partial charge in [-0.2, -0.15) is 0 Å². The minimum absolute atomic E-state index is 0.768. The van der Waals surface area contributed by atoms with E-state index in [0.29, 0.717) is 0 Å². The highest BCUT2D eigenvalue weighted by molar-refractivity contribution is 7.80. The summed E-state index contributed by atoms with van der Waals surface area (Å²) < 4.78 is 4.98. The maximum Gasteiger partial charge on any atom is 0.166 e. The highest BCUT2D eigenvalue weighted by atomic mass is 32.1. The quantitative estimate of drug-likeness (QED) is 0.546. The molecule has 100 valence electrons. The highest BCUT2D eigenvalue weighted by Crippen LogP contribution is 2.14. The topological polar surface area (TPSA) is 36.5 Å². The first-order chi connectivity index (χ1) is 8.22. The molecule has 0 amide bonds. The van der Waals surface area contributed by atoms with E-state index in [4.69, 9.17) is 17.0 Å². The lowest BCUT2D eigenvalue weighted by Gasteiger charge is -2.29. The van der Waals surface area contributed by atoms with E-state index in [2.05, 4.69) is 22.6 Å². The van der Waals surface area contributed by atoms with Gasteiger partial charge in [0.2, 0.25) is 0 Å². The molecule has 0 aliphatic carbocycles. The molecule has 1 rings (SSSR count). The van der Waals surface area contributed by atoms with E-state index in [1.54, 1.807) is 7.11 Å². The number of methoxy groups -OCH3 is 1. The summed E-state index contributed by atoms with van der Waals surface area (Å²) in [7, 11) is 3.91. The van der Waals surface area contributed by atoms with E-state index >= 15 is 0 Å². The average Bonchev–Trinajstić information content (AvgIpc) is 2.34. The summed E-state index contributed by atoms with van der Waals surface area (Å²) in [5.74, 6) is 0.768. The van der Waals surface area contributed by atoms with Crippen molar-refractivity contribution in [2.45, 2.75) is 19.3 Å². The summed E-state index contributed by atoms with van der Waals surface area (Å²) in [6.07, 6.45) is 3.54. The molecule has 4 nitrogen and oxygen atoms in total. The van der Waals surface area contributed by atoms with Gasteiger partial charge in [0.25, 0.3) is 0 Å². The zero-order valence-corrected chi connectivity index (χ0v) is 11.8. The predicted molar refractivity (Wildman–Crippen MR) is 75.3 cm³/mol. The van der Waals surface area contributed by atoms with Crippen molar-refractivity contribution in [1.82, 2.24) is 15.5 Å². The van der Waals surface area contributed by atoms with E-state index in [1.165, 1.54) is 25.9 Å². The Hall–Kier alpha value is -0.390. The number of nitrogens with one attached hydrogen (secondary N) is 2. The summed E-state index contributed by atoms with van der Waals surface area (Å²) in [6, 6.07) is 0. The molecule has 5 heteroatoms. The van der Waals surface area contributed by atoms with Crippen LogP contribution < -0.4 is 10.6 Å². The Morgan fingerprint density at radius 1 is 1.35 bits per heavy atom. The Bertz CT molecular complexity index is 218. The average molecular weight is 259 g/mol. The van der Waals surface area contributed by atoms with E-state index in [1.807, 2.05) is 0 Å². The zero-order chi connectivity index (χ0) is 12.5. The number of thiocarbonyl (C=S) groups is 1. The number of piperidine rings is 1. The van der Waals surface area contributed by atoms with E-state index < -0.39 is 0 Å². The second kappa shape index (κ2) is 8.66. The van der Waals surface area contributed by atoms with E-state index in [0.717, 1.165) is 37.1 Å². The van der Waals surface area contributed by atoms with Crippen molar-refractivity contribution in [3.63, 3.8) is 0 Å². The van der Waals surface area contributed by atoms with Crippen LogP contribution in [0.1, 0.15) is 19.3 Å². The van der Waals surface area contributed by atoms with Gasteiger partial charge in [-0.05, 0) is 57.5 Å². The third-order valence-corrected chi connectivity index (χ3v) is 3.49. The smallest absolute Gasteiger partial charge is 0.166 e. The van der Waals surface area contributed by atoms with E-state index in [-0.39, 0.29) is 0 Å². The Morgan fingerprint density at radius 2 is 2.06 bits per heavy atom. The van der Waals surface area contributed by atoms with Gasteiger partial charge in [0, 0.05) is 26.8 Å². The van der Waals surface area contributed by atoms with Crippen molar-refractivity contribution in [3.05, 3.63) is 0 Å². The van der Waals surface area contributed by atoms with E-state index in [9.17, 15) is 0 Å². The lowest BCUT2D eigenvalue weighted by Crippen LogP contribution is -2.41. The van der Waals surface area contributed by atoms with Gasteiger partial charge < -0.3 is 20.3 Å². The maximum atomic E-state index is 5.22. The number of rotatable bonds is 6. The third kappa shape index (κ3) is 6.81. The fourth-order valence-electron chi connectivity index (χ4n) is 1.98. The highest BCUT2D eigenvalue weighted by Gasteiger charge is 2.16. The van der Waals surface area contributed by atoms with Gasteiger partial charge in [-0.1, -0.05) is 0 Å². The lowest BCUT2D eigenvalue weighted by atomic mass is 9.97. The first-order valence-electron chi connectivity index (χ1n) is 6.41. The number of nitrogens with zero attached hydrogens (tertiary/aromatic N) is 1. The summed E-state index contributed by atoms with van der Waals surface area (Å²) in [5.41, 5.74) is 0. The number of likely N-dealkylation sites (tertiary alicyclic amines) is 1. The molecule has 0 aromatic carbocycles. The Kier molecular flexibility index (Phi) is 7.48. The van der Waals surface area contributed by atoms with Crippen molar-refractivity contribution in [3.8, 4) is 0 Å². The van der Waals surface area contributed by atoms with Crippen LogP contribution in [-0.4, -0.2) is 57.0 Å². The Labute approximate surface area is 110 Å². The van der Waals surface area contributed by atoms with Crippen molar-refractivity contribution in [2.75, 3.05) is 46.9 Å². The van der Waals surface area contributed by atoms with Gasteiger partial charge in [0.1, 0.15) is 0 Å². The second-order valence-electron chi connectivity index (χ2n) is 4.73. The molecule has 0 aromatic rings. The van der Waals surface area contributed by atoms with Crippen molar-refractivity contribution in [1.29, 1.82) is 0 Å². The molecule has 0 unspecified atom stereocenters. The molecule has 1 aliphatic rings. The summed E-state index contributed by atoms with van der Waals surface area (Å²) in [4.78, 5) is 2.39. The zero-order valence-electron chi connectivity index (χ0n) is 11.0. The molecular weight excluding hydrogens is 234 g/mol. The van der Waals surface area contributed by atoms with Gasteiger partial charge in [0.15, 0.2) is 5.11 Å². The van der Waals surface area contributed by atoms with Gasteiger partial charge in [-0.15, -0.1) is 0 Å². The van der Waals surface area contributed by atoms with Crippen LogP contribution >= 0.6 is 12.2 Å². The molecular formula is C12H25N3OS. The molecule has 0 spiro atoms. The number of ether oxygens (including phenoxy) is 1. The van der Waals surface area contributed by atoms with Crippen LogP contribution in [0.2, 0.25) is 0 Å². The van der Waals surface area contributed by atoms with Crippen LogP contribution in [0.25, 0.3) is 0 Å². The molecule has 1 fully saturated rings. The maximum absolute atomic E-state index is 5.22. The second-order valence-corrected chi connectivity index (χ2v) is 5.14. The van der Waals surface area contributed by atoms with Crippen molar-refractivity contribution >= 4 is 17.3 Å². The molecule has 1 heterocycles. The van der Waals surface area contributed by atoms with Gasteiger partial charge in [-0.25, -0.2) is 0 Å². The molecule has 1 saturated heterocycles. The molecule has 0 radical (unpaired) electrons. The molecule has 0 bridgehead atoms. The fourth-order valence-corrected chi connectivity index (χ4v) is 2.17. The van der Waals surface area contributed by atoms with Gasteiger partial charge in [-0.3, -0.25) is 0 Å². The molecule has 0 saturated carbocycles. The summed E-state index contributed by atoms with van der Waals surface area (Å²) >= 11 is 5.22. The molecule has 2 N–H and O–H groups in total. The van der Waals surface area contributed by atoms with Crippen LogP contribution in [0.15, 0.2) is 0 Å². The van der Waals surface area contributed by atoms with Gasteiger partial charge >= 0.3 is 0 Å². The third-order valence-electron chi connectivity index (χ3n) is 3.20. The fraction of sp³-hybridized carbons (Fsp3) is 0.917. The normalized spacial score (nSPS) is 18.0. The minimum atomic E-state index is 0.768. The monoisotopic (exact) mass is 259 g/mol. The van der Waals surface area contributed by atoms with Crippen LogP contribution in [0.5, 0.6) is 0 Å². The standard InChI is InChI=1S/C12H25N3OS/c1-15-7-4-11(5-8-15)10-14-12(17)13-6-3-9-16-2/h11H,3-10H2,1-2H3,(H2,13,14,17). The predicted octanol–water partition coefficient (Wildman–Crippen LogP) is 0.829. The summed E-state index contributed by atoms with van der Waals surface area (Å²) in [5, 5.41) is 7.28. The lowest BCUT2D eigenvalue weighted by molar-refractivity contribution is 0.195. The molecule has 0 aromatic heterocycles. The number of hydrogen-bond donors (Lipinski definition) is 2. The van der Waals surface area contributed by atoms with Gasteiger partial charge in [0.05, 0.1) is 0 Å². The SMILES string of the molecule is COCCCNC(=S)NCC1CCN(C)CC1. The molecule has 0 atom stereocenters. The van der Waals surface area contributed by atoms with Crippen LogP contribution in [0, 0.1) is 5.92 Å². The Balaban J connectivity index is 1.99. The first-order valence-corrected chi connectivity index (χ1v) is 6.82. The van der Waals surface area contributed by atoms with Crippen molar-refractivity contribution in [2.24, 2.45) is 5.92 Å². The minimum Gasteiger partial charge on any atom is -0.385 e. The van der Waals surface area contributed by atoms with Crippen LogP contribution in [-0.2, 0) is 4.74 Å².